The summed E-state index contributed by atoms with van der Waals surface area (Å²) in [6.45, 7) is 0.962. The smallest absolute Gasteiger partial charge is 0.269 e. The lowest BCUT2D eigenvalue weighted by atomic mass is 10.1. The second-order valence-electron chi connectivity index (χ2n) is 7.12. The number of carbonyl (C=O) groups excluding carboxylic acids is 3. The van der Waals surface area contributed by atoms with Crippen molar-refractivity contribution in [2.45, 2.75) is 30.8 Å². The van der Waals surface area contributed by atoms with Gasteiger partial charge in [0.15, 0.2) is 0 Å². The zero-order valence-electron chi connectivity index (χ0n) is 17.3. The number of sulfonamides is 1. The fraction of sp³-hybridized carbons (Fsp3) is 0.286. The molecule has 170 valence electrons. The predicted molar refractivity (Wildman–Crippen MR) is 120 cm³/mol. The minimum atomic E-state index is -4.17. The number of benzene rings is 2. The second-order valence-corrected chi connectivity index (χ2v) is 9.77. The Labute approximate surface area is 196 Å². The van der Waals surface area contributed by atoms with Crippen molar-refractivity contribution in [3.8, 4) is 0 Å². The number of carbonyl (C=O) groups is 3. The van der Waals surface area contributed by atoms with Gasteiger partial charge in [-0.15, -0.1) is 0 Å². The van der Waals surface area contributed by atoms with Gasteiger partial charge >= 0.3 is 0 Å². The van der Waals surface area contributed by atoms with Crippen molar-refractivity contribution in [2.24, 2.45) is 0 Å². The van der Waals surface area contributed by atoms with Gasteiger partial charge in [0.2, 0.25) is 11.8 Å². The van der Waals surface area contributed by atoms with Crippen molar-refractivity contribution in [3.63, 3.8) is 0 Å². The standard InChI is InChI=1S/C21H21Cl2N3O5S/c1-3-17(20(28)24-2)25(11-13-8-9-15(22)16(23)10-13)19(27)12-26-21(29)14-6-4-5-7-18(14)32(26,30)31/h4-10,17H,3,11-12H2,1-2H3,(H,24,28). The Morgan fingerprint density at radius 1 is 1.12 bits per heavy atom. The van der Waals surface area contributed by atoms with Gasteiger partial charge < -0.3 is 10.2 Å². The topological polar surface area (TPSA) is 104 Å². The van der Waals surface area contributed by atoms with E-state index in [9.17, 15) is 22.8 Å². The molecule has 0 saturated heterocycles. The van der Waals surface area contributed by atoms with Gasteiger partial charge in [0, 0.05) is 13.6 Å². The normalized spacial score (nSPS) is 15.2. The molecule has 1 N–H and O–H groups in total. The summed E-state index contributed by atoms with van der Waals surface area (Å²) in [5, 5.41) is 3.12. The molecule has 32 heavy (non-hydrogen) atoms. The molecule has 2 aromatic carbocycles. The Hall–Kier alpha value is -2.62. The lowest BCUT2D eigenvalue weighted by molar-refractivity contribution is -0.141. The maximum absolute atomic E-state index is 13.3. The molecule has 2 aromatic rings. The van der Waals surface area contributed by atoms with Crippen LogP contribution >= 0.6 is 23.2 Å². The highest BCUT2D eigenvalue weighted by molar-refractivity contribution is 7.90. The van der Waals surface area contributed by atoms with E-state index in [1.165, 1.54) is 30.1 Å². The molecule has 11 heteroatoms. The van der Waals surface area contributed by atoms with Gasteiger partial charge in [0.1, 0.15) is 17.5 Å². The maximum Gasteiger partial charge on any atom is 0.269 e. The van der Waals surface area contributed by atoms with Gasteiger partial charge in [0.05, 0.1) is 15.6 Å². The number of fused-ring (bicyclic) bond motifs is 1. The molecule has 1 unspecified atom stereocenters. The van der Waals surface area contributed by atoms with E-state index in [1.807, 2.05) is 0 Å². The molecule has 1 aliphatic heterocycles. The molecule has 0 radical (unpaired) electrons. The van der Waals surface area contributed by atoms with Crippen LogP contribution in [0.5, 0.6) is 0 Å². The zero-order valence-corrected chi connectivity index (χ0v) is 19.7. The fourth-order valence-electron chi connectivity index (χ4n) is 3.52. The third-order valence-electron chi connectivity index (χ3n) is 5.16. The Bertz CT molecular complexity index is 1190. The van der Waals surface area contributed by atoms with Crippen LogP contribution in [-0.4, -0.2) is 55.0 Å². The van der Waals surface area contributed by atoms with Crippen LogP contribution in [0.4, 0.5) is 0 Å². The van der Waals surface area contributed by atoms with Crippen molar-refractivity contribution < 1.29 is 22.8 Å². The second kappa shape index (κ2) is 9.48. The molecular formula is C21H21Cl2N3O5S. The van der Waals surface area contributed by atoms with Gasteiger partial charge in [-0.3, -0.25) is 14.4 Å². The first kappa shape index (κ1) is 24.0. The van der Waals surface area contributed by atoms with Gasteiger partial charge in [0.25, 0.3) is 15.9 Å². The van der Waals surface area contributed by atoms with Gasteiger partial charge in [-0.25, -0.2) is 12.7 Å². The summed E-state index contributed by atoms with van der Waals surface area (Å²) in [5.74, 6) is -1.90. The number of hydrogen-bond acceptors (Lipinski definition) is 5. The molecule has 1 aliphatic rings. The quantitative estimate of drug-likeness (QED) is 0.633. The van der Waals surface area contributed by atoms with E-state index in [0.29, 0.717) is 14.9 Å². The van der Waals surface area contributed by atoms with Crippen molar-refractivity contribution in [1.29, 1.82) is 0 Å². The van der Waals surface area contributed by atoms with Crippen LogP contribution < -0.4 is 5.32 Å². The van der Waals surface area contributed by atoms with Crippen molar-refractivity contribution >= 4 is 50.9 Å². The molecule has 1 heterocycles. The third kappa shape index (κ3) is 4.46. The summed E-state index contributed by atoms with van der Waals surface area (Å²) in [5.41, 5.74) is 0.601. The van der Waals surface area contributed by atoms with Crippen molar-refractivity contribution in [1.82, 2.24) is 14.5 Å². The Morgan fingerprint density at radius 3 is 2.41 bits per heavy atom. The minimum Gasteiger partial charge on any atom is -0.357 e. The van der Waals surface area contributed by atoms with Crippen LogP contribution in [0.1, 0.15) is 29.3 Å². The molecule has 3 amide bonds. The Balaban J connectivity index is 1.94. The summed E-state index contributed by atoms with van der Waals surface area (Å²) in [6, 6.07) is 9.66. The lowest BCUT2D eigenvalue weighted by Crippen LogP contribution is -2.51. The average molecular weight is 498 g/mol. The van der Waals surface area contributed by atoms with E-state index in [4.69, 9.17) is 23.2 Å². The monoisotopic (exact) mass is 497 g/mol. The highest BCUT2D eigenvalue weighted by Gasteiger charge is 2.43. The van der Waals surface area contributed by atoms with Crippen LogP contribution in [0.25, 0.3) is 0 Å². The molecule has 0 fully saturated rings. The third-order valence-corrected chi connectivity index (χ3v) is 7.69. The number of nitrogens with zero attached hydrogens (tertiary/aromatic N) is 2. The Kier molecular flexibility index (Phi) is 7.12. The van der Waals surface area contributed by atoms with Crippen LogP contribution in [0.3, 0.4) is 0 Å². The van der Waals surface area contributed by atoms with E-state index in [2.05, 4.69) is 5.32 Å². The number of nitrogens with one attached hydrogen (secondary N) is 1. The van der Waals surface area contributed by atoms with Crippen LogP contribution in [0.15, 0.2) is 47.4 Å². The van der Waals surface area contributed by atoms with Crippen LogP contribution in [0, 0.1) is 0 Å². The summed E-state index contributed by atoms with van der Waals surface area (Å²) >= 11 is 12.0. The number of likely N-dealkylation sites (N-methyl/N-ethyl adjacent to an activating group) is 1. The van der Waals surface area contributed by atoms with Crippen LogP contribution in [-0.2, 0) is 26.2 Å². The average Bonchev–Trinajstić information content (AvgIpc) is 2.96. The SMILES string of the molecule is CCC(C(=O)NC)N(Cc1ccc(Cl)c(Cl)c1)C(=O)CN1C(=O)c2ccccc2S1(=O)=O. The van der Waals surface area contributed by atoms with E-state index in [-0.39, 0.29) is 28.4 Å². The molecule has 0 spiro atoms. The number of rotatable bonds is 7. The minimum absolute atomic E-state index is 0.00896. The summed E-state index contributed by atoms with van der Waals surface area (Å²) < 4.78 is 26.2. The first-order chi connectivity index (χ1) is 15.1. The van der Waals surface area contributed by atoms with E-state index < -0.39 is 40.3 Å². The number of amides is 3. The van der Waals surface area contributed by atoms with Gasteiger partial charge in [-0.1, -0.05) is 48.3 Å². The molecule has 0 aromatic heterocycles. The molecule has 3 rings (SSSR count). The van der Waals surface area contributed by atoms with Crippen molar-refractivity contribution in [2.75, 3.05) is 13.6 Å². The van der Waals surface area contributed by atoms with E-state index in [0.717, 1.165) is 0 Å². The molecule has 0 aliphatic carbocycles. The van der Waals surface area contributed by atoms with E-state index >= 15 is 0 Å². The first-order valence-electron chi connectivity index (χ1n) is 9.72. The summed E-state index contributed by atoms with van der Waals surface area (Å²) in [4.78, 5) is 39.5. The molecular weight excluding hydrogens is 477 g/mol. The number of hydrogen-bond donors (Lipinski definition) is 1. The van der Waals surface area contributed by atoms with Crippen molar-refractivity contribution in [3.05, 3.63) is 63.6 Å². The van der Waals surface area contributed by atoms with Gasteiger partial charge in [-0.05, 0) is 36.2 Å². The zero-order chi connectivity index (χ0) is 23.6. The van der Waals surface area contributed by atoms with Crippen LogP contribution in [0.2, 0.25) is 10.0 Å². The maximum atomic E-state index is 13.3. The molecule has 0 saturated carbocycles. The van der Waals surface area contributed by atoms with Gasteiger partial charge in [-0.2, -0.15) is 0 Å². The first-order valence-corrected chi connectivity index (χ1v) is 11.9. The highest BCUT2D eigenvalue weighted by atomic mass is 35.5. The largest absolute Gasteiger partial charge is 0.357 e. The molecule has 8 nitrogen and oxygen atoms in total. The number of halogens is 2. The highest BCUT2D eigenvalue weighted by Crippen LogP contribution is 2.30. The summed E-state index contributed by atoms with van der Waals surface area (Å²) in [6.07, 6.45) is 0.271. The molecule has 1 atom stereocenters. The fourth-order valence-corrected chi connectivity index (χ4v) is 5.36. The molecule has 0 bridgehead atoms. The van der Waals surface area contributed by atoms with E-state index in [1.54, 1.807) is 31.2 Å². The predicted octanol–water partition coefficient (Wildman–Crippen LogP) is 2.69. The Morgan fingerprint density at radius 2 is 1.81 bits per heavy atom. The lowest BCUT2D eigenvalue weighted by Gasteiger charge is -2.31. The summed E-state index contributed by atoms with van der Waals surface area (Å²) in [7, 11) is -2.73.